The third-order valence-electron chi connectivity index (χ3n) is 4.40. The van der Waals surface area contributed by atoms with Crippen LogP contribution in [0.15, 0.2) is 30.5 Å². The first-order valence-electron chi connectivity index (χ1n) is 7.63. The Labute approximate surface area is 130 Å². The van der Waals surface area contributed by atoms with E-state index >= 15 is 0 Å². The van der Waals surface area contributed by atoms with Gasteiger partial charge in [0.25, 0.3) is 0 Å². The van der Waals surface area contributed by atoms with Crippen LogP contribution in [-0.2, 0) is 6.42 Å². The highest BCUT2D eigenvalue weighted by atomic mass is 32.1. The molecule has 1 aromatic heterocycles. The molecule has 0 saturated heterocycles. The summed E-state index contributed by atoms with van der Waals surface area (Å²) in [5, 5.41) is 1.08. The Morgan fingerprint density at radius 2 is 2.05 bits per heavy atom. The van der Waals surface area contributed by atoms with Crippen molar-refractivity contribution in [2.75, 3.05) is 13.2 Å². The molecule has 1 fully saturated rings. The van der Waals surface area contributed by atoms with E-state index in [1.807, 2.05) is 18.3 Å². The molecular formula is C17H22N2OS. The van der Waals surface area contributed by atoms with Crippen molar-refractivity contribution in [2.45, 2.75) is 32.6 Å². The summed E-state index contributed by atoms with van der Waals surface area (Å²) in [6.07, 6.45) is 6.68. The lowest BCUT2D eigenvalue weighted by Crippen LogP contribution is -2.42. The summed E-state index contributed by atoms with van der Waals surface area (Å²) < 4.78 is 5.92. The van der Waals surface area contributed by atoms with Crippen LogP contribution in [-0.4, -0.2) is 18.1 Å². The van der Waals surface area contributed by atoms with E-state index < -0.39 is 0 Å². The number of aromatic nitrogens is 1. The molecule has 3 rings (SSSR count). The van der Waals surface area contributed by atoms with Gasteiger partial charge in [-0.15, -0.1) is 11.3 Å². The Morgan fingerprint density at radius 1 is 1.29 bits per heavy atom. The molecule has 1 heterocycles. The lowest BCUT2D eigenvalue weighted by Gasteiger charge is -2.40. The molecule has 0 radical (unpaired) electrons. The van der Waals surface area contributed by atoms with Crippen LogP contribution in [0.5, 0.6) is 5.75 Å². The number of aryl methyl sites for hydroxylation is 1. The number of thiazole rings is 1. The zero-order valence-electron chi connectivity index (χ0n) is 12.5. The van der Waals surface area contributed by atoms with Gasteiger partial charge in [0, 0.05) is 28.6 Å². The van der Waals surface area contributed by atoms with Gasteiger partial charge in [-0.25, -0.2) is 4.98 Å². The van der Waals surface area contributed by atoms with Crippen LogP contribution < -0.4 is 10.5 Å². The second-order valence-corrected chi connectivity index (χ2v) is 6.97. The molecule has 2 aromatic rings. The second-order valence-electron chi connectivity index (χ2n) is 5.86. The van der Waals surface area contributed by atoms with E-state index in [0.717, 1.165) is 35.9 Å². The number of nitrogens with zero attached hydrogens (tertiary/aromatic N) is 1. The Morgan fingerprint density at radius 3 is 2.57 bits per heavy atom. The van der Waals surface area contributed by atoms with Gasteiger partial charge >= 0.3 is 0 Å². The van der Waals surface area contributed by atoms with E-state index in [2.05, 4.69) is 24.0 Å². The number of hydrogen-bond donors (Lipinski definition) is 1. The van der Waals surface area contributed by atoms with Crippen molar-refractivity contribution in [1.29, 1.82) is 0 Å². The molecule has 0 spiro atoms. The van der Waals surface area contributed by atoms with Crippen molar-refractivity contribution >= 4 is 11.3 Å². The molecule has 0 unspecified atom stereocenters. The van der Waals surface area contributed by atoms with Gasteiger partial charge in [-0.2, -0.15) is 0 Å². The van der Waals surface area contributed by atoms with Crippen LogP contribution in [0.4, 0.5) is 0 Å². The van der Waals surface area contributed by atoms with Gasteiger partial charge in [-0.3, -0.25) is 0 Å². The lowest BCUT2D eigenvalue weighted by molar-refractivity contribution is 0.0668. The van der Waals surface area contributed by atoms with Crippen molar-refractivity contribution in [2.24, 2.45) is 11.1 Å². The molecule has 0 bridgehead atoms. The van der Waals surface area contributed by atoms with Gasteiger partial charge in [0.2, 0.25) is 0 Å². The lowest BCUT2D eigenvalue weighted by atomic mass is 9.69. The van der Waals surface area contributed by atoms with E-state index in [1.54, 1.807) is 11.3 Å². The van der Waals surface area contributed by atoms with Crippen molar-refractivity contribution in [1.82, 2.24) is 4.98 Å². The van der Waals surface area contributed by atoms with E-state index in [1.165, 1.54) is 24.1 Å². The first-order chi connectivity index (χ1) is 10.2. The largest absolute Gasteiger partial charge is 0.493 e. The molecule has 0 atom stereocenters. The molecule has 2 N–H and O–H groups in total. The Hall–Kier alpha value is -1.39. The van der Waals surface area contributed by atoms with Gasteiger partial charge in [0.15, 0.2) is 0 Å². The van der Waals surface area contributed by atoms with Crippen LogP contribution >= 0.6 is 11.3 Å². The number of hydrogen-bond acceptors (Lipinski definition) is 4. The zero-order valence-corrected chi connectivity index (χ0v) is 13.3. The normalized spacial score (nSPS) is 16.5. The van der Waals surface area contributed by atoms with Crippen LogP contribution in [0.1, 0.15) is 31.1 Å². The maximum absolute atomic E-state index is 5.92. The SMILES string of the molecule is CCc1cnc(-c2ccc(OCC3(CN)CCC3)cc2)s1. The number of rotatable bonds is 6. The average Bonchev–Trinajstić information content (AvgIpc) is 2.96. The highest BCUT2D eigenvalue weighted by Gasteiger charge is 2.36. The van der Waals surface area contributed by atoms with E-state index in [4.69, 9.17) is 10.5 Å². The van der Waals surface area contributed by atoms with E-state index in [9.17, 15) is 0 Å². The minimum atomic E-state index is 0.226. The molecule has 1 aliphatic rings. The highest BCUT2D eigenvalue weighted by molar-refractivity contribution is 7.15. The molecular weight excluding hydrogens is 280 g/mol. The number of ether oxygens (including phenoxy) is 1. The maximum atomic E-state index is 5.92. The van der Waals surface area contributed by atoms with E-state index in [-0.39, 0.29) is 5.41 Å². The molecule has 1 saturated carbocycles. The minimum absolute atomic E-state index is 0.226. The van der Waals surface area contributed by atoms with Gasteiger partial charge in [-0.1, -0.05) is 13.3 Å². The smallest absolute Gasteiger partial charge is 0.123 e. The van der Waals surface area contributed by atoms with Gasteiger partial charge < -0.3 is 10.5 Å². The Balaban J connectivity index is 1.64. The molecule has 112 valence electrons. The second kappa shape index (κ2) is 6.16. The van der Waals surface area contributed by atoms with Crippen LogP contribution in [0.25, 0.3) is 10.6 Å². The van der Waals surface area contributed by atoms with Gasteiger partial charge in [-0.05, 0) is 43.5 Å². The molecule has 21 heavy (non-hydrogen) atoms. The third kappa shape index (κ3) is 3.11. The summed E-state index contributed by atoms with van der Waals surface area (Å²) in [6, 6.07) is 8.24. The van der Waals surface area contributed by atoms with Crippen molar-refractivity contribution < 1.29 is 4.74 Å². The number of nitrogens with two attached hydrogens (primary N) is 1. The average molecular weight is 302 g/mol. The molecule has 0 aliphatic heterocycles. The first-order valence-corrected chi connectivity index (χ1v) is 8.44. The molecule has 3 nitrogen and oxygen atoms in total. The predicted octanol–water partition coefficient (Wildman–Crippen LogP) is 3.88. The molecule has 1 aliphatic carbocycles. The van der Waals surface area contributed by atoms with Crippen molar-refractivity contribution in [3.05, 3.63) is 35.3 Å². The zero-order chi connectivity index (χ0) is 14.7. The van der Waals surface area contributed by atoms with Crippen molar-refractivity contribution in [3.8, 4) is 16.3 Å². The summed E-state index contributed by atoms with van der Waals surface area (Å²) in [6.45, 7) is 3.62. The highest BCUT2D eigenvalue weighted by Crippen LogP contribution is 2.40. The van der Waals surface area contributed by atoms with Crippen LogP contribution in [0, 0.1) is 5.41 Å². The fraction of sp³-hybridized carbons (Fsp3) is 0.471. The molecule has 0 amide bonds. The summed E-state index contributed by atoms with van der Waals surface area (Å²) in [4.78, 5) is 5.79. The summed E-state index contributed by atoms with van der Waals surface area (Å²) >= 11 is 1.76. The van der Waals surface area contributed by atoms with E-state index in [0.29, 0.717) is 0 Å². The minimum Gasteiger partial charge on any atom is -0.493 e. The predicted molar refractivity (Wildman–Crippen MR) is 87.8 cm³/mol. The van der Waals surface area contributed by atoms with Crippen molar-refractivity contribution in [3.63, 3.8) is 0 Å². The fourth-order valence-electron chi connectivity index (χ4n) is 2.62. The molecule has 4 heteroatoms. The van der Waals surface area contributed by atoms with Gasteiger partial charge in [0.05, 0.1) is 6.61 Å². The summed E-state index contributed by atoms with van der Waals surface area (Å²) in [5.74, 6) is 0.922. The Bertz CT molecular complexity index is 582. The standard InChI is InChI=1S/C17H22N2OS/c1-2-15-10-19-16(21-15)13-4-6-14(7-5-13)20-12-17(11-18)8-3-9-17/h4-7,10H,2-3,8-9,11-12,18H2,1H3. The number of benzene rings is 1. The first kappa shape index (κ1) is 14.5. The summed E-state index contributed by atoms with van der Waals surface area (Å²) in [7, 11) is 0. The summed E-state index contributed by atoms with van der Waals surface area (Å²) in [5.41, 5.74) is 7.24. The topological polar surface area (TPSA) is 48.1 Å². The quantitative estimate of drug-likeness (QED) is 0.881. The van der Waals surface area contributed by atoms with Gasteiger partial charge in [0.1, 0.15) is 10.8 Å². The van der Waals surface area contributed by atoms with Crippen LogP contribution in [0.3, 0.4) is 0 Å². The monoisotopic (exact) mass is 302 g/mol. The fourth-order valence-corrected chi connectivity index (χ4v) is 3.48. The third-order valence-corrected chi connectivity index (χ3v) is 5.59. The van der Waals surface area contributed by atoms with Crippen LogP contribution in [0.2, 0.25) is 0 Å². The molecule has 1 aromatic carbocycles. The Kier molecular flexibility index (Phi) is 4.27. The maximum Gasteiger partial charge on any atom is 0.123 e.